The van der Waals surface area contributed by atoms with E-state index in [0.717, 1.165) is 19.3 Å². The van der Waals surface area contributed by atoms with Crippen molar-refractivity contribution in [2.24, 2.45) is 5.41 Å². The molecule has 0 heterocycles. The predicted octanol–water partition coefficient (Wildman–Crippen LogP) is 1.82. The SMILES string of the molecule is CCC=CC1(C(=O)O)CC1. The summed E-state index contributed by atoms with van der Waals surface area (Å²) in [5, 5.41) is 8.68. The fourth-order valence-electron chi connectivity index (χ4n) is 0.930. The number of hydrogen-bond donors (Lipinski definition) is 1. The number of carboxylic acids is 1. The number of allylic oxidation sites excluding steroid dienone is 1. The van der Waals surface area contributed by atoms with Gasteiger partial charge in [-0.05, 0) is 19.3 Å². The molecule has 0 unspecified atom stereocenters. The molecule has 1 aliphatic rings. The normalized spacial score (nSPS) is 21.3. The zero-order valence-corrected chi connectivity index (χ0v) is 6.13. The van der Waals surface area contributed by atoms with E-state index in [9.17, 15) is 4.79 Å². The van der Waals surface area contributed by atoms with E-state index in [1.165, 1.54) is 0 Å². The highest BCUT2D eigenvalue weighted by Gasteiger charge is 2.47. The van der Waals surface area contributed by atoms with Crippen LogP contribution in [0, 0.1) is 5.41 Å². The van der Waals surface area contributed by atoms with Crippen LogP contribution in [0.3, 0.4) is 0 Å². The lowest BCUT2D eigenvalue weighted by Crippen LogP contribution is -2.10. The van der Waals surface area contributed by atoms with E-state index in [1.807, 2.05) is 19.1 Å². The van der Waals surface area contributed by atoms with Crippen LogP contribution in [-0.4, -0.2) is 11.1 Å². The van der Waals surface area contributed by atoms with Crippen LogP contribution in [0.4, 0.5) is 0 Å². The fraction of sp³-hybridized carbons (Fsp3) is 0.625. The highest BCUT2D eigenvalue weighted by Crippen LogP contribution is 2.47. The summed E-state index contributed by atoms with van der Waals surface area (Å²) in [6.45, 7) is 2.01. The third kappa shape index (κ3) is 1.20. The summed E-state index contributed by atoms with van der Waals surface area (Å²) in [6, 6.07) is 0. The van der Waals surface area contributed by atoms with Crippen molar-refractivity contribution in [2.45, 2.75) is 26.2 Å². The first-order valence-corrected chi connectivity index (χ1v) is 3.62. The molecule has 2 heteroatoms. The third-order valence-corrected chi connectivity index (χ3v) is 1.89. The lowest BCUT2D eigenvalue weighted by atomic mass is 10.1. The Morgan fingerprint density at radius 1 is 1.70 bits per heavy atom. The zero-order valence-electron chi connectivity index (χ0n) is 6.13. The molecule has 2 nitrogen and oxygen atoms in total. The lowest BCUT2D eigenvalue weighted by Gasteiger charge is -1.99. The maximum absolute atomic E-state index is 10.5. The molecule has 0 saturated heterocycles. The minimum atomic E-state index is -0.669. The van der Waals surface area contributed by atoms with Gasteiger partial charge in [-0.1, -0.05) is 19.1 Å². The molecule has 1 aliphatic carbocycles. The number of carbonyl (C=O) groups is 1. The van der Waals surface area contributed by atoms with Crippen LogP contribution < -0.4 is 0 Å². The molecule has 1 fully saturated rings. The lowest BCUT2D eigenvalue weighted by molar-refractivity contribution is -0.141. The number of carboxylic acid groups (broad SMARTS) is 1. The second-order valence-corrected chi connectivity index (χ2v) is 2.77. The van der Waals surface area contributed by atoms with Crippen LogP contribution in [-0.2, 0) is 4.79 Å². The largest absolute Gasteiger partial charge is 0.481 e. The van der Waals surface area contributed by atoms with Gasteiger partial charge in [0.05, 0.1) is 5.41 Å². The molecule has 0 aromatic rings. The molecule has 0 amide bonds. The molecule has 1 rings (SSSR count). The Kier molecular flexibility index (Phi) is 1.79. The van der Waals surface area contributed by atoms with Gasteiger partial charge in [0.25, 0.3) is 0 Å². The first kappa shape index (κ1) is 7.32. The molecule has 1 saturated carbocycles. The van der Waals surface area contributed by atoms with E-state index in [2.05, 4.69) is 0 Å². The van der Waals surface area contributed by atoms with E-state index in [-0.39, 0.29) is 0 Å². The molecular formula is C8H12O2. The second-order valence-electron chi connectivity index (χ2n) is 2.77. The summed E-state index contributed by atoms with van der Waals surface area (Å²) >= 11 is 0. The Morgan fingerprint density at radius 2 is 2.30 bits per heavy atom. The summed E-state index contributed by atoms with van der Waals surface area (Å²) in [7, 11) is 0. The van der Waals surface area contributed by atoms with Gasteiger partial charge in [-0.2, -0.15) is 0 Å². The number of aliphatic carboxylic acids is 1. The molecule has 1 N–H and O–H groups in total. The smallest absolute Gasteiger partial charge is 0.313 e. The molecule has 0 bridgehead atoms. The van der Waals surface area contributed by atoms with E-state index in [0.29, 0.717) is 0 Å². The molecule has 0 aromatic carbocycles. The summed E-state index contributed by atoms with van der Waals surface area (Å²) in [5.74, 6) is -0.669. The minimum Gasteiger partial charge on any atom is -0.481 e. The van der Waals surface area contributed by atoms with Crippen molar-refractivity contribution in [3.8, 4) is 0 Å². The van der Waals surface area contributed by atoms with Gasteiger partial charge >= 0.3 is 5.97 Å². The third-order valence-electron chi connectivity index (χ3n) is 1.89. The van der Waals surface area contributed by atoms with Crippen molar-refractivity contribution in [1.29, 1.82) is 0 Å². The van der Waals surface area contributed by atoms with Crippen LogP contribution in [0.25, 0.3) is 0 Å². The molecule has 0 spiro atoms. The van der Waals surface area contributed by atoms with Crippen molar-refractivity contribution in [3.05, 3.63) is 12.2 Å². The number of hydrogen-bond acceptors (Lipinski definition) is 1. The van der Waals surface area contributed by atoms with Crippen LogP contribution in [0.2, 0.25) is 0 Å². The maximum atomic E-state index is 10.5. The van der Waals surface area contributed by atoms with Crippen molar-refractivity contribution in [1.82, 2.24) is 0 Å². The predicted molar refractivity (Wildman–Crippen MR) is 38.7 cm³/mol. The highest BCUT2D eigenvalue weighted by atomic mass is 16.4. The van der Waals surface area contributed by atoms with Gasteiger partial charge in [-0.25, -0.2) is 0 Å². The first-order chi connectivity index (χ1) is 4.71. The standard InChI is InChI=1S/C8H12O2/c1-2-3-4-8(5-6-8)7(9)10/h3-4H,2,5-6H2,1H3,(H,9,10). The van der Waals surface area contributed by atoms with Crippen molar-refractivity contribution in [2.75, 3.05) is 0 Å². The molecule has 0 aliphatic heterocycles. The summed E-state index contributed by atoms with van der Waals surface area (Å²) < 4.78 is 0. The van der Waals surface area contributed by atoms with Gasteiger partial charge in [0, 0.05) is 0 Å². The van der Waals surface area contributed by atoms with Crippen molar-refractivity contribution >= 4 is 5.97 Å². The van der Waals surface area contributed by atoms with E-state index >= 15 is 0 Å². The van der Waals surface area contributed by atoms with E-state index < -0.39 is 11.4 Å². The Bertz CT molecular complexity index is 166. The van der Waals surface area contributed by atoms with Crippen molar-refractivity contribution in [3.63, 3.8) is 0 Å². The molecule has 10 heavy (non-hydrogen) atoms. The van der Waals surface area contributed by atoms with Gasteiger partial charge in [0.15, 0.2) is 0 Å². The highest BCUT2D eigenvalue weighted by molar-refractivity contribution is 5.80. The average Bonchev–Trinajstić information content (AvgIpc) is 2.64. The Balaban J connectivity index is 2.53. The van der Waals surface area contributed by atoms with Gasteiger partial charge in [0.2, 0.25) is 0 Å². The summed E-state index contributed by atoms with van der Waals surface area (Å²) in [5.41, 5.74) is -0.462. The first-order valence-electron chi connectivity index (χ1n) is 3.62. The van der Waals surface area contributed by atoms with Crippen molar-refractivity contribution < 1.29 is 9.90 Å². The monoisotopic (exact) mass is 140 g/mol. The Morgan fingerprint density at radius 3 is 2.60 bits per heavy atom. The van der Waals surface area contributed by atoms with Gasteiger partial charge < -0.3 is 5.11 Å². The van der Waals surface area contributed by atoms with Crippen LogP contribution >= 0.6 is 0 Å². The summed E-state index contributed by atoms with van der Waals surface area (Å²) in [4.78, 5) is 10.5. The fourth-order valence-corrected chi connectivity index (χ4v) is 0.930. The minimum absolute atomic E-state index is 0.462. The van der Waals surface area contributed by atoms with E-state index in [1.54, 1.807) is 0 Å². The topological polar surface area (TPSA) is 37.3 Å². The number of rotatable bonds is 3. The molecule has 0 aromatic heterocycles. The van der Waals surface area contributed by atoms with Crippen LogP contribution in [0.15, 0.2) is 12.2 Å². The summed E-state index contributed by atoms with van der Waals surface area (Å²) in [6.07, 6.45) is 6.32. The average molecular weight is 140 g/mol. The Hall–Kier alpha value is -0.790. The van der Waals surface area contributed by atoms with Crippen LogP contribution in [0.5, 0.6) is 0 Å². The molecule has 0 radical (unpaired) electrons. The zero-order chi connectivity index (χ0) is 7.61. The quantitative estimate of drug-likeness (QED) is 0.607. The molecular weight excluding hydrogens is 128 g/mol. The van der Waals surface area contributed by atoms with Gasteiger partial charge in [-0.15, -0.1) is 0 Å². The van der Waals surface area contributed by atoms with E-state index in [4.69, 9.17) is 5.11 Å². The van der Waals surface area contributed by atoms with Crippen LogP contribution in [0.1, 0.15) is 26.2 Å². The second kappa shape index (κ2) is 2.45. The van der Waals surface area contributed by atoms with Gasteiger partial charge in [0.1, 0.15) is 0 Å². The Labute approximate surface area is 60.6 Å². The van der Waals surface area contributed by atoms with Gasteiger partial charge in [-0.3, -0.25) is 4.79 Å². The molecule has 0 atom stereocenters. The molecule has 56 valence electrons. The maximum Gasteiger partial charge on any atom is 0.313 e.